The van der Waals surface area contributed by atoms with Crippen LogP contribution in [0.4, 0.5) is 0 Å². The average molecular weight is 469 g/mol. The summed E-state index contributed by atoms with van der Waals surface area (Å²) >= 11 is 13.2. The summed E-state index contributed by atoms with van der Waals surface area (Å²) in [5, 5.41) is 9.79. The second kappa shape index (κ2) is 9.68. The van der Waals surface area contributed by atoms with Crippen molar-refractivity contribution < 1.29 is 19.4 Å². The first kappa shape index (κ1) is 24.3. The fourth-order valence-corrected chi connectivity index (χ4v) is 5.21. The van der Waals surface area contributed by atoms with Crippen molar-refractivity contribution in [2.75, 3.05) is 0 Å². The Hall–Kier alpha value is -1.30. The first-order chi connectivity index (χ1) is 14.3. The zero-order chi connectivity index (χ0) is 21.5. The maximum atomic E-state index is 12.1. The molecular weight excluding hydrogens is 446 g/mol. The van der Waals surface area contributed by atoms with E-state index >= 15 is 0 Å². The summed E-state index contributed by atoms with van der Waals surface area (Å²) in [4.78, 5) is 23.1. The van der Waals surface area contributed by atoms with Gasteiger partial charge in [0.1, 0.15) is 17.4 Å². The molecule has 0 saturated carbocycles. The topological polar surface area (TPSA) is 63.6 Å². The maximum absolute atomic E-state index is 12.1. The summed E-state index contributed by atoms with van der Waals surface area (Å²) in [6.07, 6.45) is 6.02. The Labute approximate surface area is 213 Å². The van der Waals surface area contributed by atoms with E-state index in [9.17, 15) is 9.59 Å². The summed E-state index contributed by atoms with van der Waals surface area (Å²) < 4.78 is 5.95. The number of fused-ring (bicyclic) bond motifs is 3. The third kappa shape index (κ3) is 4.60. The van der Waals surface area contributed by atoms with E-state index in [0.29, 0.717) is 22.2 Å². The molecule has 4 nitrogen and oxygen atoms in total. The van der Waals surface area contributed by atoms with E-state index in [0.717, 1.165) is 47.9 Å². The van der Waals surface area contributed by atoms with Crippen LogP contribution in [-0.2, 0) is 17.8 Å². The molecule has 2 aromatic carbocycles. The van der Waals surface area contributed by atoms with Crippen LogP contribution in [0.15, 0.2) is 36.4 Å². The summed E-state index contributed by atoms with van der Waals surface area (Å²) in [6.45, 7) is 2.40. The molecule has 0 fully saturated rings. The van der Waals surface area contributed by atoms with Crippen molar-refractivity contribution in [3.63, 3.8) is 0 Å². The molecule has 0 bridgehead atoms. The van der Waals surface area contributed by atoms with Crippen LogP contribution in [0.3, 0.4) is 0 Å². The molecule has 2 aliphatic carbocycles. The predicted molar refractivity (Wildman–Crippen MR) is 125 cm³/mol. The Morgan fingerprint density at radius 3 is 2.55 bits per heavy atom. The van der Waals surface area contributed by atoms with Gasteiger partial charge in [0, 0.05) is 17.4 Å². The number of hydrogen-bond donors (Lipinski definition) is 1. The Kier molecular flexibility index (Phi) is 7.60. The first-order valence-electron chi connectivity index (χ1n) is 10.1. The molecule has 0 heterocycles. The molecule has 0 aliphatic heterocycles. The molecule has 31 heavy (non-hydrogen) atoms. The van der Waals surface area contributed by atoms with E-state index in [-0.39, 0.29) is 52.9 Å². The number of carboxylic acids is 1. The number of hydrogen-bond acceptors (Lipinski definition) is 3. The molecule has 2 aliphatic rings. The summed E-state index contributed by atoms with van der Waals surface area (Å²) in [5.41, 5.74) is 3.99. The minimum atomic E-state index is -0.967. The van der Waals surface area contributed by atoms with Gasteiger partial charge in [-0.15, -0.1) is 0 Å². The number of aromatic carboxylic acids is 1. The number of rotatable bonds is 6. The number of ketones is 1. The number of benzene rings is 2. The van der Waals surface area contributed by atoms with E-state index in [1.54, 1.807) is 30.3 Å². The fraction of sp³-hybridized carbons (Fsp3) is 0.333. The monoisotopic (exact) mass is 468 g/mol. The summed E-state index contributed by atoms with van der Waals surface area (Å²) in [5.74, 6) is -0.326. The molecular formula is C24H23Cl2NaO4. The zero-order valence-corrected chi connectivity index (χ0v) is 18.1. The van der Waals surface area contributed by atoms with E-state index in [1.807, 2.05) is 6.07 Å². The molecule has 2 aromatic rings. The molecule has 0 saturated heterocycles. The van der Waals surface area contributed by atoms with Crippen LogP contribution in [0, 0.1) is 5.41 Å². The molecule has 0 radical (unpaired) electrons. The number of ether oxygens (including phenoxy) is 1. The van der Waals surface area contributed by atoms with Gasteiger partial charge in [0.15, 0.2) is 5.78 Å². The van der Waals surface area contributed by atoms with Crippen LogP contribution >= 0.6 is 23.2 Å². The van der Waals surface area contributed by atoms with Crippen LogP contribution < -0.4 is 4.74 Å². The SMILES string of the molecule is CCCC12CCC(=O)C=C1c1c(cc(OCc3ccc(C(=O)O)cc3)c(Cl)c1Cl)C2.[NaH]. The normalized spacial score (nSPS) is 19.2. The molecule has 7 heteroatoms. The van der Waals surface area contributed by atoms with E-state index < -0.39 is 5.97 Å². The van der Waals surface area contributed by atoms with Gasteiger partial charge < -0.3 is 9.84 Å². The van der Waals surface area contributed by atoms with Crippen molar-refractivity contribution in [2.24, 2.45) is 5.41 Å². The van der Waals surface area contributed by atoms with Gasteiger partial charge in [0.05, 0.1) is 10.6 Å². The number of allylic oxidation sites excluding steroid dienone is 2. The predicted octanol–water partition coefficient (Wildman–Crippen LogP) is 5.71. The van der Waals surface area contributed by atoms with Crippen molar-refractivity contribution in [3.05, 3.63) is 68.7 Å². The van der Waals surface area contributed by atoms with E-state index in [1.165, 1.54) is 0 Å². The van der Waals surface area contributed by atoms with Gasteiger partial charge in [-0.1, -0.05) is 48.7 Å². The van der Waals surface area contributed by atoms with Gasteiger partial charge in [0.2, 0.25) is 0 Å². The van der Waals surface area contributed by atoms with Crippen molar-refractivity contribution >= 4 is 70.1 Å². The standard InChI is InChI=1S/C24H22Cl2O4.Na.H/c1-2-8-24-9-7-17(27)11-18(24)20-16(12-24)10-19(21(25)22(20)26)30-13-14-3-5-15(6-4-14)23(28)29;;/h3-6,10-11H,2,7-9,12-13H2,1H3,(H,28,29);;. The van der Waals surface area contributed by atoms with Gasteiger partial charge >= 0.3 is 35.5 Å². The number of carbonyl (C=O) groups is 2. The second-order valence-electron chi connectivity index (χ2n) is 8.06. The molecule has 0 spiro atoms. The summed E-state index contributed by atoms with van der Waals surface area (Å²) in [7, 11) is 0. The molecule has 1 N–H and O–H groups in total. The van der Waals surface area contributed by atoms with Crippen LogP contribution in [0.2, 0.25) is 10.0 Å². The number of carboxylic acid groups (broad SMARTS) is 1. The third-order valence-corrected chi connectivity index (χ3v) is 6.95. The second-order valence-corrected chi connectivity index (χ2v) is 8.81. The molecule has 158 valence electrons. The molecule has 0 amide bonds. The zero-order valence-electron chi connectivity index (χ0n) is 16.6. The molecule has 4 rings (SSSR count). The summed E-state index contributed by atoms with van der Waals surface area (Å²) in [6, 6.07) is 8.46. The van der Waals surface area contributed by atoms with Crippen LogP contribution in [0.1, 0.15) is 59.7 Å². The van der Waals surface area contributed by atoms with Gasteiger partial charge in [-0.3, -0.25) is 4.79 Å². The van der Waals surface area contributed by atoms with Crippen molar-refractivity contribution in [1.82, 2.24) is 0 Å². The van der Waals surface area contributed by atoms with Crippen LogP contribution in [-0.4, -0.2) is 46.4 Å². The van der Waals surface area contributed by atoms with Crippen molar-refractivity contribution in [1.29, 1.82) is 0 Å². The Morgan fingerprint density at radius 1 is 1.19 bits per heavy atom. The number of halogens is 2. The van der Waals surface area contributed by atoms with Crippen molar-refractivity contribution in [3.8, 4) is 5.75 Å². The van der Waals surface area contributed by atoms with Crippen molar-refractivity contribution in [2.45, 2.75) is 45.6 Å². The molecule has 0 aromatic heterocycles. The van der Waals surface area contributed by atoms with Crippen LogP contribution in [0.5, 0.6) is 5.75 Å². The Morgan fingerprint density at radius 2 is 1.90 bits per heavy atom. The Balaban J connectivity index is 0.00000272. The quantitative estimate of drug-likeness (QED) is 0.551. The van der Waals surface area contributed by atoms with Gasteiger partial charge in [-0.05, 0) is 60.2 Å². The Bertz CT molecular complexity index is 1060. The minimum absolute atomic E-state index is 0. The first-order valence-corrected chi connectivity index (χ1v) is 10.8. The van der Waals surface area contributed by atoms with E-state index in [2.05, 4.69) is 6.92 Å². The van der Waals surface area contributed by atoms with Crippen LogP contribution in [0.25, 0.3) is 5.57 Å². The van der Waals surface area contributed by atoms with Gasteiger partial charge in [-0.2, -0.15) is 0 Å². The van der Waals surface area contributed by atoms with Gasteiger partial charge in [0.25, 0.3) is 0 Å². The number of carbonyl (C=O) groups excluding carboxylic acids is 1. The van der Waals surface area contributed by atoms with Gasteiger partial charge in [-0.25, -0.2) is 4.79 Å². The molecule has 1 unspecified atom stereocenters. The molecule has 1 atom stereocenters. The fourth-order valence-electron chi connectivity index (χ4n) is 4.69. The van der Waals surface area contributed by atoms with E-state index in [4.69, 9.17) is 33.0 Å². The third-order valence-electron chi connectivity index (χ3n) is 6.10. The average Bonchev–Trinajstić information content (AvgIpc) is 3.03.